The van der Waals surface area contributed by atoms with E-state index in [0.717, 1.165) is 6.42 Å². The fourth-order valence-electron chi connectivity index (χ4n) is 2.29. The van der Waals surface area contributed by atoms with Crippen molar-refractivity contribution in [1.82, 2.24) is 9.78 Å². The van der Waals surface area contributed by atoms with E-state index in [4.69, 9.17) is 5.73 Å². The Morgan fingerprint density at radius 3 is 2.31 bits per heavy atom. The van der Waals surface area contributed by atoms with Crippen LogP contribution in [0.4, 0.5) is 11.4 Å². The van der Waals surface area contributed by atoms with Crippen molar-refractivity contribution in [3.63, 3.8) is 0 Å². The number of hydrogen-bond donors (Lipinski definition) is 3. The van der Waals surface area contributed by atoms with E-state index in [1.54, 1.807) is 54.3 Å². The van der Waals surface area contributed by atoms with Crippen molar-refractivity contribution in [1.29, 1.82) is 0 Å². The zero-order valence-electron chi connectivity index (χ0n) is 15.2. The molecule has 0 saturated carbocycles. The van der Waals surface area contributed by atoms with Crippen LogP contribution >= 0.6 is 12.4 Å². The van der Waals surface area contributed by atoms with E-state index in [9.17, 15) is 9.59 Å². The molecule has 8 heteroatoms. The Balaban J connectivity index is 0.00000338. The maximum absolute atomic E-state index is 12.3. The Morgan fingerprint density at radius 2 is 1.77 bits per heavy atom. The number of aromatic nitrogens is 2. The molecule has 1 heterocycles. The van der Waals surface area contributed by atoms with E-state index in [1.807, 2.05) is 13.8 Å². The largest absolute Gasteiger partial charge is 0.325 e. The molecule has 2 aromatic rings. The second-order valence-corrected chi connectivity index (χ2v) is 6.13. The number of amides is 2. The first-order valence-electron chi connectivity index (χ1n) is 8.38. The summed E-state index contributed by atoms with van der Waals surface area (Å²) in [4.78, 5) is 24.5. The molecule has 2 amide bonds. The molecule has 0 fully saturated rings. The minimum Gasteiger partial charge on any atom is -0.325 e. The van der Waals surface area contributed by atoms with Gasteiger partial charge in [-0.15, -0.1) is 12.4 Å². The second-order valence-electron chi connectivity index (χ2n) is 6.13. The zero-order chi connectivity index (χ0) is 18.4. The number of benzene rings is 1. The molecule has 0 aliphatic carbocycles. The lowest BCUT2D eigenvalue weighted by atomic mass is 9.99. The van der Waals surface area contributed by atoms with E-state index in [-0.39, 0.29) is 30.1 Å². The summed E-state index contributed by atoms with van der Waals surface area (Å²) >= 11 is 0. The number of anilines is 2. The minimum absolute atomic E-state index is 0. The maximum Gasteiger partial charge on any atom is 0.248 e. The number of carbonyl (C=O) groups is 2. The molecule has 0 aliphatic heterocycles. The van der Waals surface area contributed by atoms with Gasteiger partial charge in [0.15, 0.2) is 0 Å². The van der Waals surface area contributed by atoms with Crippen molar-refractivity contribution in [3.8, 4) is 0 Å². The van der Waals surface area contributed by atoms with Crippen LogP contribution < -0.4 is 16.4 Å². The molecule has 2 rings (SSSR count). The summed E-state index contributed by atoms with van der Waals surface area (Å²) < 4.78 is 1.58. The van der Waals surface area contributed by atoms with Crippen molar-refractivity contribution in [2.24, 2.45) is 11.7 Å². The van der Waals surface area contributed by atoms with Crippen LogP contribution in [0.2, 0.25) is 0 Å². The van der Waals surface area contributed by atoms with Crippen molar-refractivity contribution in [2.75, 3.05) is 10.6 Å². The lowest BCUT2D eigenvalue weighted by Gasteiger charge is -2.18. The van der Waals surface area contributed by atoms with Gasteiger partial charge in [0.05, 0.1) is 6.04 Å². The molecular formula is C18H26ClN5O2. The van der Waals surface area contributed by atoms with Gasteiger partial charge >= 0.3 is 0 Å². The maximum atomic E-state index is 12.3. The van der Waals surface area contributed by atoms with Crippen LogP contribution in [0.5, 0.6) is 0 Å². The fourth-order valence-corrected chi connectivity index (χ4v) is 2.29. The van der Waals surface area contributed by atoms with Crippen LogP contribution in [-0.4, -0.2) is 27.6 Å². The average Bonchev–Trinajstić information content (AvgIpc) is 3.14. The standard InChI is InChI=1S/C18H25N5O2.ClH/c1-4-12(2)16(19)18(25)22-15-8-5-7-14(11-15)21-17(24)13(3)23-10-6-9-20-23;/h5-13,16H,4,19H2,1-3H3,(H,21,24)(H,22,25);1H. The number of hydrogen-bond acceptors (Lipinski definition) is 4. The lowest BCUT2D eigenvalue weighted by molar-refractivity contribution is -0.119. The summed E-state index contributed by atoms with van der Waals surface area (Å²) in [5, 5.41) is 9.68. The van der Waals surface area contributed by atoms with E-state index >= 15 is 0 Å². The van der Waals surface area contributed by atoms with E-state index in [0.29, 0.717) is 11.4 Å². The Kier molecular flexibility index (Phi) is 8.28. The van der Waals surface area contributed by atoms with Crippen LogP contribution in [-0.2, 0) is 9.59 Å². The smallest absolute Gasteiger partial charge is 0.248 e. The van der Waals surface area contributed by atoms with Crippen molar-refractivity contribution >= 4 is 35.6 Å². The Bertz CT molecular complexity index is 720. The molecule has 142 valence electrons. The van der Waals surface area contributed by atoms with Gasteiger partial charge in [-0.3, -0.25) is 14.3 Å². The summed E-state index contributed by atoms with van der Waals surface area (Å²) in [6.45, 7) is 5.70. The molecule has 0 saturated heterocycles. The quantitative estimate of drug-likeness (QED) is 0.688. The first kappa shape index (κ1) is 21.7. The number of nitrogens with one attached hydrogen (secondary N) is 2. The first-order chi connectivity index (χ1) is 11.9. The average molecular weight is 380 g/mol. The Hall–Kier alpha value is -2.38. The van der Waals surface area contributed by atoms with Crippen molar-refractivity contribution < 1.29 is 9.59 Å². The van der Waals surface area contributed by atoms with Crippen LogP contribution in [0.3, 0.4) is 0 Å². The molecular weight excluding hydrogens is 354 g/mol. The van der Waals surface area contributed by atoms with E-state index < -0.39 is 12.1 Å². The van der Waals surface area contributed by atoms with Gasteiger partial charge in [0.25, 0.3) is 0 Å². The molecule has 3 unspecified atom stereocenters. The first-order valence-corrected chi connectivity index (χ1v) is 8.38. The molecule has 7 nitrogen and oxygen atoms in total. The third-order valence-electron chi connectivity index (χ3n) is 4.26. The highest BCUT2D eigenvalue weighted by atomic mass is 35.5. The second kappa shape index (κ2) is 9.94. The Morgan fingerprint density at radius 1 is 1.15 bits per heavy atom. The van der Waals surface area contributed by atoms with Gasteiger partial charge in [0.1, 0.15) is 6.04 Å². The van der Waals surface area contributed by atoms with Gasteiger partial charge in [0.2, 0.25) is 11.8 Å². The highest BCUT2D eigenvalue weighted by molar-refractivity contribution is 5.97. The zero-order valence-corrected chi connectivity index (χ0v) is 16.0. The van der Waals surface area contributed by atoms with Gasteiger partial charge in [0, 0.05) is 23.8 Å². The highest BCUT2D eigenvalue weighted by Gasteiger charge is 2.20. The number of carbonyl (C=O) groups excluding carboxylic acids is 2. The van der Waals surface area contributed by atoms with Crippen molar-refractivity contribution in [3.05, 3.63) is 42.7 Å². The SMILES string of the molecule is CCC(C)C(N)C(=O)Nc1cccc(NC(=O)C(C)n2cccn2)c1.Cl. The third-order valence-corrected chi connectivity index (χ3v) is 4.26. The predicted molar refractivity (Wildman–Crippen MR) is 105 cm³/mol. The van der Waals surface area contributed by atoms with Crippen molar-refractivity contribution in [2.45, 2.75) is 39.3 Å². The predicted octanol–water partition coefficient (Wildman–Crippen LogP) is 2.82. The number of nitrogens with two attached hydrogens (primary N) is 1. The number of rotatable bonds is 7. The van der Waals surface area contributed by atoms with Gasteiger partial charge in [-0.1, -0.05) is 26.3 Å². The molecule has 1 aromatic heterocycles. The summed E-state index contributed by atoms with van der Waals surface area (Å²) in [6, 6.07) is 7.75. The summed E-state index contributed by atoms with van der Waals surface area (Å²) in [7, 11) is 0. The molecule has 0 spiro atoms. The van der Waals surface area contributed by atoms with Gasteiger partial charge in [-0.25, -0.2) is 0 Å². The monoisotopic (exact) mass is 379 g/mol. The molecule has 0 bridgehead atoms. The van der Waals surface area contributed by atoms with Gasteiger partial charge < -0.3 is 16.4 Å². The van der Waals surface area contributed by atoms with Crippen LogP contribution in [0.25, 0.3) is 0 Å². The molecule has 0 aliphatic rings. The molecule has 4 N–H and O–H groups in total. The molecule has 0 radical (unpaired) electrons. The van der Waals surface area contributed by atoms with E-state index in [1.165, 1.54) is 0 Å². The van der Waals surface area contributed by atoms with Crippen LogP contribution in [0.1, 0.15) is 33.2 Å². The topological polar surface area (TPSA) is 102 Å². The number of nitrogens with zero attached hydrogens (tertiary/aromatic N) is 2. The van der Waals surface area contributed by atoms with Gasteiger partial charge in [-0.2, -0.15) is 5.10 Å². The summed E-state index contributed by atoms with van der Waals surface area (Å²) in [6.07, 6.45) is 4.19. The fraction of sp³-hybridized carbons (Fsp3) is 0.389. The number of halogens is 1. The van der Waals surface area contributed by atoms with Gasteiger partial charge in [-0.05, 0) is 37.1 Å². The summed E-state index contributed by atoms with van der Waals surface area (Å²) in [5.41, 5.74) is 7.13. The van der Waals surface area contributed by atoms with Crippen LogP contribution in [0, 0.1) is 5.92 Å². The third kappa shape index (κ3) is 5.57. The van der Waals surface area contributed by atoms with E-state index in [2.05, 4.69) is 15.7 Å². The minimum atomic E-state index is -0.567. The molecule has 1 aromatic carbocycles. The highest BCUT2D eigenvalue weighted by Crippen LogP contribution is 2.18. The lowest BCUT2D eigenvalue weighted by Crippen LogP contribution is -2.40. The normalized spacial score (nSPS) is 13.8. The van der Waals surface area contributed by atoms with Crippen LogP contribution in [0.15, 0.2) is 42.7 Å². The summed E-state index contributed by atoms with van der Waals surface area (Å²) in [5.74, 6) is -0.330. The molecule has 3 atom stereocenters. The molecule has 26 heavy (non-hydrogen) atoms. The Labute approximate surface area is 159 Å².